The van der Waals surface area contributed by atoms with Gasteiger partial charge in [0.1, 0.15) is 0 Å². The van der Waals surface area contributed by atoms with Crippen LogP contribution in [0.15, 0.2) is 12.1 Å². The molecule has 0 unspecified atom stereocenters. The quantitative estimate of drug-likeness (QED) is 0.432. The maximum Gasteiger partial charge on any atom is 0.312 e. The van der Waals surface area contributed by atoms with Crippen molar-refractivity contribution in [3.05, 3.63) is 32.3 Å². The fourth-order valence-electron chi connectivity index (χ4n) is 1.73. The molecule has 7 heteroatoms. The Hall–Kier alpha value is -0.650. The van der Waals surface area contributed by atoms with Crippen molar-refractivity contribution in [3.8, 4) is 5.75 Å². The molecule has 0 aliphatic carbocycles. The van der Waals surface area contributed by atoms with E-state index in [1.165, 1.54) is 12.1 Å². The Bertz CT molecular complexity index is 484. The van der Waals surface area contributed by atoms with Gasteiger partial charge in [0.05, 0.1) is 21.6 Å². The summed E-state index contributed by atoms with van der Waals surface area (Å²) in [6, 6.07) is 2.59. The van der Waals surface area contributed by atoms with Crippen molar-refractivity contribution in [1.82, 2.24) is 0 Å². The highest BCUT2D eigenvalue weighted by Gasteiger charge is 2.27. The van der Waals surface area contributed by atoms with Crippen molar-refractivity contribution in [1.29, 1.82) is 0 Å². The Morgan fingerprint density at radius 1 is 1.30 bits per heavy atom. The van der Waals surface area contributed by atoms with Crippen LogP contribution in [0.3, 0.4) is 0 Å². The lowest BCUT2D eigenvalue weighted by Crippen LogP contribution is -2.29. The molecule has 0 atom stereocenters. The summed E-state index contributed by atoms with van der Waals surface area (Å²) in [7, 11) is 0. The third-order valence-corrected chi connectivity index (χ3v) is 4.96. The van der Waals surface area contributed by atoms with E-state index in [0.717, 1.165) is 12.8 Å². The van der Waals surface area contributed by atoms with Crippen LogP contribution in [0.4, 0.5) is 5.69 Å². The van der Waals surface area contributed by atoms with E-state index in [4.69, 9.17) is 27.9 Å². The van der Waals surface area contributed by atoms with Gasteiger partial charge >= 0.3 is 5.69 Å². The summed E-state index contributed by atoms with van der Waals surface area (Å²) in [5.41, 5.74) is -0.289. The Morgan fingerprint density at radius 3 is 2.30 bits per heavy atom. The van der Waals surface area contributed by atoms with Crippen LogP contribution in [0.25, 0.3) is 0 Å². The number of nitrogens with zero attached hydrogens (tertiary/aromatic N) is 1. The van der Waals surface area contributed by atoms with Gasteiger partial charge in [-0.15, -0.1) is 0 Å². The monoisotopic (exact) mass is 337 g/mol. The number of hydrogen-bond acceptors (Lipinski definition) is 4. The number of hydrogen-bond donors (Lipinski definition) is 1. The Morgan fingerprint density at radius 2 is 1.85 bits per heavy atom. The molecule has 0 spiro atoms. The number of ether oxygens (including phenoxy) is 1. The zero-order valence-electron chi connectivity index (χ0n) is 11.4. The van der Waals surface area contributed by atoms with Gasteiger partial charge in [0.2, 0.25) is 0 Å². The molecule has 0 heterocycles. The molecule has 1 aromatic rings. The van der Waals surface area contributed by atoms with Crippen molar-refractivity contribution >= 4 is 41.5 Å². The molecule has 0 N–H and O–H groups in total. The fraction of sp³-hybridized carbons (Fsp3) is 0.538. The molecule has 0 fully saturated rings. The predicted octanol–water partition coefficient (Wildman–Crippen LogP) is 5.02. The molecule has 112 valence electrons. The molecule has 0 saturated carbocycles. The molecule has 0 aliphatic rings. The van der Waals surface area contributed by atoms with Crippen LogP contribution >= 0.6 is 35.8 Å². The second-order valence-electron chi connectivity index (χ2n) is 4.65. The van der Waals surface area contributed by atoms with Gasteiger partial charge < -0.3 is 4.74 Å². The molecule has 0 aliphatic heterocycles. The summed E-state index contributed by atoms with van der Waals surface area (Å²) in [5.74, 6) is 0.784. The maximum absolute atomic E-state index is 11.0. The average molecular weight is 338 g/mol. The average Bonchev–Trinajstić information content (AvgIpc) is 2.44. The molecular formula is C13H17Cl2NO3S. The van der Waals surface area contributed by atoms with E-state index in [9.17, 15) is 10.1 Å². The SMILES string of the molecule is CCC(CC)(CS)COc1cc(Cl)c(Cl)cc1[N+](=O)[O-]. The summed E-state index contributed by atoms with van der Waals surface area (Å²) in [5, 5.41) is 11.4. The smallest absolute Gasteiger partial charge is 0.312 e. The first-order valence-electron chi connectivity index (χ1n) is 6.26. The summed E-state index contributed by atoms with van der Waals surface area (Å²) in [4.78, 5) is 10.5. The first-order valence-corrected chi connectivity index (χ1v) is 7.65. The minimum Gasteiger partial charge on any atom is -0.486 e. The molecule has 0 aromatic heterocycles. The van der Waals surface area contributed by atoms with E-state index in [-0.39, 0.29) is 26.9 Å². The maximum atomic E-state index is 11.0. The predicted molar refractivity (Wildman–Crippen MR) is 85.5 cm³/mol. The fourth-order valence-corrected chi connectivity index (χ4v) is 2.58. The van der Waals surface area contributed by atoms with Crippen molar-refractivity contribution in [3.63, 3.8) is 0 Å². The minimum atomic E-state index is -0.530. The van der Waals surface area contributed by atoms with Crippen LogP contribution in [-0.2, 0) is 0 Å². The summed E-state index contributed by atoms with van der Waals surface area (Å²) >= 11 is 16.0. The van der Waals surface area contributed by atoms with Crippen molar-refractivity contribution < 1.29 is 9.66 Å². The minimum absolute atomic E-state index is 0.108. The van der Waals surface area contributed by atoms with Crippen molar-refractivity contribution in [2.75, 3.05) is 12.4 Å². The number of thiol groups is 1. The molecule has 0 saturated heterocycles. The summed E-state index contributed by atoms with van der Waals surface area (Å²) < 4.78 is 5.64. The van der Waals surface area contributed by atoms with Gasteiger partial charge in [-0.05, 0) is 18.6 Å². The molecule has 1 rings (SSSR count). The second-order valence-corrected chi connectivity index (χ2v) is 5.78. The number of nitro benzene ring substituents is 1. The van der Waals surface area contributed by atoms with E-state index >= 15 is 0 Å². The Kier molecular flexibility index (Phi) is 6.43. The van der Waals surface area contributed by atoms with Gasteiger partial charge in [-0.2, -0.15) is 12.6 Å². The lowest BCUT2D eigenvalue weighted by molar-refractivity contribution is -0.385. The van der Waals surface area contributed by atoms with Crippen LogP contribution in [-0.4, -0.2) is 17.3 Å². The van der Waals surface area contributed by atoms with Crippen molar-refractivity contribution in [2.24, 2.45) is 5.41 Å². The van der Waals surface area contributed by atoms with Gasteiger partial charge in [-0.25, -0.2) is 0 Å². The van der Waals surface area contributed by atoms with Gasteiger partial charge in [0.15, 0.2) is 5.75 Å². The van der Waals surface area contributed by atoms with E-state index in [1.54, 1.807) is 0 Å². The van der Waals surface area contributed by atoms with E-state index < -0.39 is 4.92 Å². The van der Waals surface area contributed by atoms with E-state index in [0.29, 0.717) is 12.4 Å². The van der Waals surface area contributed by atoms with Gasteiger partial charge in [-0.3, -0.25) is 10.1 Å². The molecule has 0 amide bonds. The highest BCUT2D eigenvalue weighted by Crippen LogP contribution is 2.37. The Balaban J connectivity index is 3.03. The topological polar surface area (TPSA) is 52.4 Å². The standard InChI is InChI=1S/C13H17Cl2NO3S/c1-3-13(4-2,8-20)7-19-12-6-10(15)9(14)5-11(12)16(17)18/h5-6,20H,3-4,7-8H2,1-2H3. The molecule has 0 radical (unpaired) electrons. The molecule has 20 heavy (non-hydrogen) atoms. The summed E-state index contributed by atoms with van der Waals surface area (Å²) in [6.07, 6.45) is 1.75. The lowest BCUT2D eigenvalue weighted by Gasteiger charge is -2.29. The molecule has 1 aromatic carbocycles. The van der Waals surface area contributed by atoms with Crippen LogP contribution in [0.5, 0.6) is 5.75 Å². The normalized spacial score (nSPS) is 11.4. The third kappa shape index (κ3) is 3.93. The Labute approximate surface area is 134 Å². The zero-order chi connectivity index (χ0) is 15.3. The zero-order valence-corrected chi connectivity index (χ0v) is 13.8. The van der Waals surface area contributed by atoms with E-state index in [1.807, 2.05) is 13.8 Å². The highest BCUT2D eigenvalue weighted by atomic mass is 35.5. The van der Waals surface area contributed by atoms with Gasteiger partial charge in [-0.1, -0.05) is 37.0 Å². The number of benzene rings is 1. The molecular weight excluding hydrogens is 321 g/mol. The van der Waals surface area contributed by atoms with Crippen LogP contribution in [0.2, 0.25) is 10.0 Å². The largest absolute Gasteiger partial charge is 0.486 e. The van der Waals surface area contributed by atoms with E-state index in [2.05, 4.69) is 12.6 Å². The van der Waals surface area contributed by atoms with Crippen molar-refractivity contribution in [2.45, 2.75) is 26.7 Å². The lowest BCUT2D eigenvalue weighted by atomic mass is 9.85. The molecule has 4 nitrogen and oxygen atoms in total. The number of halogens is 2. The van der Waals surface area contributed by atoms with Crippen LogP contribution in [0.1, 0.15) is 26.7 Å². The number of nitro groups is 1. The second kappa shape index (κ2) is 7.38. The third-order valence-electron chi connectivity index (χ3n) is 3.57. The first-order chi connectivity index (χ1) is 9.39. The molecule has 0 bridgehead atoms. The highest BCUT2D eigenvalue weighted by molar-refractivity contribution is 7.80. The van der Waals surface area contributed by atoms with Crippen LogP contribution in [0, 0.1) is 15.5 Å². The first kappa shape index (κ1) is 17.4. The van der Waals surface area contributed by atoms with Gasteiger partial charge in [0, 0.05) is 17.5 Å². The number of rotatable bonds is 7. The summed E-state index contributed by atoms with van der Waals surface area (Å²) in [6.45, 7) is 4.45. The van der Waals surface area contributed by atoms with Gasteiger partial charge in [0.25, 0.3) is 0 Å². The van der Waals surface area contributed by atoms with Crippen LogP contribution < -0.4 is 4.74 Å².